The number of likely N-dealkylation sites (tertiary alicyclic amines) is 1. The summed E-state index contributed by atoms with van der Waals surface area (Å²) in [5.74, 6) is 0.703. The highest BCUT2D eigenvalue weighted by atomic mass is 35.5. The van der Waals surface area contributed by atoms with Gasteiger partial charge in [0.05, 0.1) is 28.8 Å². The van der Waals surface area contributed by atoms with Crippen molar-refractivity contribution in [3.05, 3.63) is 51.6 Å². The molecule has 0 radical (unpaired) electrons. The number of methoxy groups -OCH3 is 1. The summed E-state index contributed by atoms with van der Waals surface area (Å²) in [6.45, 7) is 3.16. The van der Waals surface area contributed by atoms with E-state index in [1.54, 1.807) is 24.6 Å². The van der Waals surface area contributed by atoms with Crippen LogP contribution in [0.4, 0.5) is 0 Å². The van der Waals surface area contributed by atoms with Gasteiger partial charge in [0.1, 0.15) is 5.75 Å². The van der Waals surface area contributed by atoms with Crippen LogP contribution in [0, 0.1) is 5.41 Å². The molecule has 1 atom stereocenters. The lowest BCUT2D eigenvalue weighted by molar-refractivity contribution is 0.0234. The van der Waals surface area contributed by atoms with E-state index in [2.05, 4.69) is 14.9 Å². The molecule has 1 aliphatic heterocycles. The third-order valence-corrected chi connectivity index (χ3v) is 8.09. The number of ether oxygens (including phenoxy) is 1. The predicted molar refractivity (Wildman–Crippen MR) is 133 cm³/mol. The number of halogens is 1. The number of pyridine rings is 1. The molecule has 1 aliphatic rings. The summed E-state index contributed by atoms with van der Waals surface area (Å²) in [6, 6.07) is 5.60. The van der Waals surface area contributed by atoms with Crippen molar-refractivity contribution in [3.63, 3.8) is 0 Å². The molecule has 6 nitrogen and oxygen atoms in total. The average molecular weight is 490 g/mol. The molecule has 4 rings (SSSR count). The van der Waals surface area contributed by atoms with E-state index in [9.17, 15) is 10.2 Å². The number of aromatic nitrogens is 2. The van der Waals surface area contributed by atoms with Crippen LogP contribution in [0.3, 0.4) is 0 Å². The highest BCUT2D eigenvalue weighted by Gasteiger charge is 2.34. The monoisotopic (exact) mass is 489 g/mol. The van der Waals surface area contributed by atoms with E-state index in [1.165, 1.54) is 5.01 Å². The molecule has 0 saturated carbocycles. The zero-order valence-electron chi connectivity index (χ0n) is 19.0. The van der Waals surface area contributed by atoms with E-state index in [0.717, 1.165) is 62.6 Å². The lowest BCUT2D eigenvalue weighted by Gasteiger charge is -2.41. The van der Waals surface area contributed by atoms with Crippen molar-refractivity contribution in [2.24, 2.45) is 5.41 Å². The number of benzene rings is 1. The van der Waals surface area contributed by atoms with Crippen LogP contribution in [0.5, 0.6) is 5.75 Å². The van der Waals surface area contributed by atoms with E-state index >= 15 is 0 Å². The minimum atomic E-state index is -0.727. The van der Waals surface area contributed by atoms with Gasteiger partial charge in [-0.3, -0.25) is 4.98 Å². The number of piperidine rings is 1. The summed E-state index contributed by atoms with van der Waals surface area (Å²) in [7, 11) is 1.62. The number of hydrogen-bond acceptors (Lipinski definition) is 7. The van der Waals surface area contributed by atoms with Gasteiger partial charge < -0.3 is 19.8 Å². The van der Waals surface area contributed by atoms with E-state index < -0.39 is 6.10 Å². The number of aryl methyl sites for hydroxylation is 1. The van der Waals surface area contributed by atoms with Crippen LogP contribution in [0.1, 0.15) is 48.8 Å². The number of aliphatic hydroxyl groups is 2. The highest BCUT2D eigenvalue weighted by molar-refractivity contribution is 7.09. The van der Waals surface area contributed by atoms with Crippen molar-refractivity contribution in [1.82, 2.24) is 14.9 Å². The predicted octanol–water partition coefficient (Wildman–Crippen LogP) is 4.87. The van der Waals surface area contributed by atoms with Gasteiger partial charge >= 0.3 is 0 Å². The summed E-state index contributed by atoms with van der Waals surface area (Å²) < 4.78 is 5.35. The number of fused-ring (bicyclic) bond motifs is 1. The van der Waals surface area contributed by atoms with Gasteiger partial charge in [0.25, 0.3) is 0 Å². The van der Waals surface area contributed by atoms with Crippen molar-refractivity contribution in [2.45, 2.75) is 44.6 Å². The first-order valence-electron chi connectivity index (χ1n) is 11.6. The maximum atomic E-state index is 11.1. The highest BCUT2D eigenvalue weighted by Crippen LogP contribution is 2.40. The van der Waals surface area contributed by atoms with Crippen LogP contribution in [0.15, 0.2) is 36.0 Å². The normalized spacial score (nSPS) is 17.3. The molecular formula is C25H32ClN3O3S. The van der Waals surface area contributed by atoms with Crippen LogP contribution in [0.2, 0.25) is 5.02 Å². The fourth-order valence-electron chi connectivity index (χ4n) is 4.79. The molecule has 0 aliphatic carbocycles. The molecule has 2 aromatic heterocycles. The van der Waals surface area contributed by atoms with Crippen molar-refractivity contribution < 1.29 is 14.9 Å². The molecule has 3 aromatic rings. The topological polar surface area (TPSA) is 78.7 Å². The SMILES string of the molecule is COc1ccc2ncc(Cl)c(C(O)CCC3(CO)CCN(CCCc4nccs4)CC3)c2c1. The Morgan fingerprint density at radius 1 is 1.27 bits per heavy atom. The molecule has 0 bridgehead atoms. The molecule has 178 valence electrons. The summed E-state index contributed by atoms with van der Waals surface area (Å²) in [5.41, 5.74) is 1.31. The number of rotatable bonds is 10. The Morgan fingerprint density at radius 2 is 2.09 bits per heavy atom. The summed E-state index contributed by atoms with van der Waals surface area (Å²) in [6.07, 6.45) is 8.03. The van der Waals surface area contributed by atoms with Crippen LogP contribution in [-0.2, 0) is 6.42 Å². The molecule has 2 N–H and O–H groups in total. The van der Waals surface area contributed by atoms with Gasteiger partial charge in [-0.1, -0.05) is 11.6 Å². The second-order valence-corrected chi connectivity index (χ2v) is 10.4. The fourth-order valence-corrected chi connectivity index (χ4v) is 5.73. The van der Waals surface area contributed by atoms with Crippen molar-refractivity contribution in [3.8, 4) is 5.75 Å². The fraction of sp³-hybridized carbons (Fsp3) is 0.520. The molecule has 1 saturated heterocycles. The first-order valence-corrected chi connectivity index (χ1v) is 12.8. The van der Waals surface area contributed by atoms with Gasteiger partial charge in [-0.2, -0.15) is 0 Å². The second kappa shape index (κ2) is 11.1. The zero-order chi connectivity index (χ0) is 23.3. The van der Waals surface area contributed by atoms with Crippen molar-refractivity contribution in [2.75, 3.05) is 33.4 Å². The van der Waals surface area contributed by atoms with Crippen LogP contribution in [0.25, 0.3) is 10.9 Å². The van der Waals surface area contributed by atoms with E-state index in [0.29, 0.717) is 22.8 Å². The smallest absolute Gasteiger partial charge is 0.119 e. The second-order valence-electron chi connectivity index (χ2n) is 8.99. The van der Waals surface area contributed by atoms with Crippen molar-refractivity contribution >= 4 is 33.8 Å². The van der Waals surface area contributed by atoms with Crippen LogP contribution >= 0.6 is 22.9 Å². The minimum Gasteiger partial charge on any atom is -0.497 e. The summed E-state index contributed by atoms with van der Waals surface area (Å²) in [4.78, 5) is 11.2. The van der Waals surface area contributed by atoms with Crippen LogP contribution in [-0.4, -0.2) is 58.4 Å². The molecule has 0 amide bonds. The van der Waals surface area contributed by atoms with Gasteiger partial charge in [-0.05, 0) is 75.4 Å². The molecule has 33 heavy (non-hydrogen) atoms. The van der Waals surface area contributed by atoms with E-state index in [1.807, 2.05) is 29.8 Å². The Kier molecular flexibility index (Phi) is 8.20. The maximum Gasteiger partial charge on any atom is 0.119 e. The van der Waals surface area contributed by atoms with Gasteiger partial charge in [0, 0.05) is 41.8 Å². The largest absolute Gasteiger partial charge is 0.497 e. The minimum absolute atomic E-state index is 0.144. The van der Waals surface area contributed by atoms with Gasteiger partial charge in [0.15, 0.2) is 0 Å². The van der Waals surface area contributed by atoms with Crippen molar-refractivity contribution in [1.29, 1.82) is 0 Å². The summed E-state index contributed by atoms with van der Waals surface area (Å²) >= 11 is 8.18. The van der Waals surface area contributed by atoms with E-state index in [-0.39, 0.29) is 12.0 Å². The lowest BCUT2D eigenvalue weighted by atomic mass is 9.74. The lowest BCUT2D eigenvalue weighted by Crippen LogP contribution is -2.42. The standard InChI is InChI=1S/C25H32ClN3O3S/c1-32-18-4-5-21-19(15-18)24(20(26)16-28-21)22(31)6-7-25(17-30)8-12-29(13-9-25)11-2-3-23-27-10-14-33-23/h4-5,10,14-16,22,30-31H,2-3,6-9,11-13,17H2,1H3. The Balaban J connectivity index is 1.35. The molecule has 1 aromatic carbocycles. The third kappa shape index (κ3) is 5.84. The Hall–Kier alpha value is -1.77. The van der Waals surface area contributed by atoms with Gasteiger partial charge in [-0.25, -0.2) is 4.98 Å². The quantitative estimate of drug-likeness (QED) is 0.423. The first-order chi connectivity index (χ1) is 16.0. The molecule has 8 heteroatoms. The molecular weight excluding hydrogens is 458 g/mol. The summed E-state index contributed by atoms with van der Waals surface area (Å²) in [5, 5.41) is 25.8. The maximum absolute atomic E-state index is 11.1. The number of nitrogens with zero attached hydrogens (tertiary/aromatic N) is 3. The van der Waals surface area contributed by atoms with Crippen LogP contribution < -0.4 is 4.74 Å². The number of hydrogen-bond donors (Lipinski definition) is 2. The van der Waals surface area contributed by atoms with Gasteiger partial charge in [-0.15, -0.1) is 11.3 Å². The molecule has 0 spiro atoms. The third-order valence-electron chi connectivity index (χ3n) is 6.95. The van der Waals surface area contributed by atoms with Gasteiger partial charge in [0.2, 0.25) is 0 Å². The molecule has 1 fully saturated rings. The Labute approximate surface area is 204 Å². The molecule has 3 heterocycles. The number of thiazole rings is 1. The van der Waals surface area contributed by atoms with E-state index in [4.69, 9.17) is 16.3 Å². The first kappa shape index (κ1) is 24.4. The Morgan fingerprint density at radius 3 is 2.79 bits per heavy atom. The molecule has 1 unspecified atom stereocenters. The average Bonchev–Trinajstić information content (AvgIpc) is 3.36. The number of aliphatic hydroxyl groups excluding tert-OH is 2. The Bertz CT molecular complexity index is 1040. The zero-order valence-corrected chi connectivity index (χ0v) is 20.6.